The predicted octanol–water partition coefficient (Wildman–Crippen LogP) is -2.41. The lowest BCUT2D eigenvalue weighted by Gasteiger charge is -2.26. The van der Waals surface area contributed by atoms with Gasteiger partial charge in [-0.15, -0.1) is 0 Å². The second-order valence-corrected chi connectivity index (χ2v) is 6.65. The predicted molar refractivity (Wildman–Crippen MR) is 96.8 cm³/mol. The first-order valence-electron chi connectivity index (χ1n) is 8.42. The number of aromatic nitrogens is 4. The van der Waals surface area contributed by atoms with Gasteiger partial charge in [-0.3, -0.25) is 9.78 Å². The summed E-state index contributed by atoms with van der Waals surface area (Å²) < 4.78 is 1.32. The van der Waals surface area contributed by atoms with Crippen molar-refractivity contribution >= 4 is 11.0 Å². The summed E-state index contributed by atoms with van der Waals surface area (Å²) in [5, 5.41) is 47.9. The molecule has 0 aliphatic carbocycles. The maximum absolute atomic E-state index is 12.2. The van der Waals surface area contributed by atoms with Crippen LogP contribution in [0.5, 0.6) is 0 Å². The topological polar surface area (TPSA) is 182 Å². The lowest BCUT2D eigenvalue weighted by molar-refractivity contribution is -0.178. The van der Waals surface area contributed by atoms with Gasteiger partial charge >= 0.3 is 5.69 Å². The molecular formula is C17H20N4O7. The molecule has 28 heavy (non-hydrogen) atoms. The van der Waals surface area contributed by atoms with E-state index in [0.717, 1.165) is 11.1 Å². The SMILES string of the molecule is Cc1cc2nc3c(=O)[nH]c(=O)nc-3n(C[C@H](O)[C@@H](O)[C@H](O)C(O)O)c2cc1C. The van der Waals surface area contributed by atoms with Gasteiger partial charge in [-0.25, -0.2) is 9.78 Å². The Balaban J connectivity index is 2.24. The van der Waals surface area contributed by atoms with Crippen LogP contribution < -0.4 is 11.2 Å². The van der Waals surface area contributed by atoms with Gasteiger partial charge < -0.3 is 30.1 Å². The van der Waals surface area contributed by atoms with Gasteiger partial charge in [0, 0.05) is 0 Å². The molecule has 2 aliphatic heterocycles. The average Bonchev–Trinajstić information content (AvgIpc) is 2.62. The first kappa shape index (κ1) is 20.0. The van der Waals surface area contributed by atoms with Crippen molar-refractivity contribution in [1.82, 2.24) is 19.5 Å². The van der Waals surface area contributed by atoms with Gasteiger partial charge in [0.1, 0.15) is 18.3 Å². The first-order chi connectivity index (χ1) is 13.1. The Labute approximate surface area is 157 Å². The summed E-state index contributed by atoms with van der Waals surface area (Å²) in [5.41, 5.74) is 0.788. The van der Waals surface area contributed by atoms with E-state index >= 15 is 0 Å². The lowest BCUT2D eigenvalue weighted by atomic mass is 10.1. The molecule has 3 atom stereocenters. The lowest BCUT2D eigenvalue weighted by Crippen LogP contribution is -2.46. The molecule has 1 aromatic carbocycles. The Morgan fingerprint density at radius 3 is 2.29 bits per heavy atom. The van der Waals surface area contributed by atoms with Crippen molar-refractivity contribution in [3.05, 3.63) is 44.1 Å². The minimum Gasteiger partial charge on any atom is -0.388 e. The monoisotopic (exact) mass is 392 g/mol. The maximum Gasteiger partial charge on any atom is 0.349 e. The smallest absolute Gasteiger partial charge is 0.349 e. The molecule has 0 amide bonds. The Kier molecular flexibility index (Phi) is 5.28. The van der Waals surface area contributed by atoms with Gasteiger partial charge in [-0.1, -0.05) is 0 Å². The average molecular weight is 392 g/mol. The van der Waals surface area contributed by atoms with Crippen molar-refractivity contribution in [2.24, 2.45) is 0 Å². The molecule has 6 N–H and O–H groups in total. The van der Waals surface area contributed by atoms with Crippen LogP contribution in [0, 0.1) is 13.8 Å². The second kappa shape index (κ2) is 7.37. The normalized spacial score (nSPS) is 15.3. The summed E-state index contributed by atoms with van der Waals surface area (Å²) in [6.07, 6.45) is -7.87. The minimum atomic E-state index is -2.26. The van der Waals surface area contributed by atoms with E-state index in [1.807, 2.05) is 18.8 Å². The van der Waals surface area contributed by atoms with Crippen LogP contribution in [-0.4, -0.2) is 69.7 Å². The molecule has 150 valence electrons. The molecule has 1 aromatic rings. The highest BCUT2D eigenvalue weighted by molar-refractivity contribution is 5.81. The van der Waals surface area contributed by atoms with Gasteiger partial charge in [0.25, 0.3) is 5.56 Å². The van der Waals surface area contributed by atoms with Crippen LogP contribution in [0.1, 0.15) is 11.1 Å². The molecule has 11 heteroatoms. The largest absolute Gasteiger partial charge is 0.388 e. The van der Waals surface area contributed by atoms with Gasteiger partial charge in [0.15, 0.2) is 17.8 Å². The van der Waals surface area contributed by atoms with Crippen LogP contribution in [0.4, 0.5) is 0 Å². The van der Waals surface area contributed by atoms with Gasteiger partial charge in [0.2, 0.25) is 0 Å². The van der Waals surface area contributed by atoms with Crippen molar-refractivity contribution < 1.29 is 25.5 Å². The van der Waals surface area contributed by atoms with Gasteiger partial charge in [-0.2, -0.15) is 4.98 Å². The number of nitrogens with zero attached hydrogens (tertiary/aromatic N) is 3. The van der Waals surface area contributed by atoms with Crippen molar-refractivity contribution in [3.63, 3.8) is 0 Å². The van der Waals surface area contributed by atoms with Crippen molar-refractivity contribution in [1.29, 1.82) is 0 Å². The third-order valence-electron chi connectivity index (χ3n) is 4.64. The zero-order valence-electron chi connectivity index (χ0n) is 15.1. The number of aromatic amines is 1. The minimum absolute atomic E-state index is 0.116. The van der Waals surface area contributed by atoms with Gasteiger partial charge in [0.05, 0.1) is 17.6 Å². The van der Waals surface area contributed by atoms with E-state index in [2.05, 4.69) is 9.97 Å². The molecule has 0 bridgehead atoms. The van der Waals surface area contributed by atoms with Crippen LogP contribution in [0.2, 0.25) is 0 Å². The molecule has 0 unspecified atom stereocenters. The van der Waals surface area contributed by atoms with E-state index in [9.17, 15) is 24.9 Å². The maximum atomic E-state index is 12.2. The molecule has 2 aliphatic rings. The number of benzene rings is 1. The fourth-order valence-electron chi connectivity index (χ4n) is 2.93. The molecule has 0 saturated carbocycles. The van der Waals surface area contributed by atoms with Crippen LogP contribution in [0.3, 0.4) is 0 Å². The summed E-state index contributed by atoms with van der Waals surface area (Å²) in [5.74, 6) is -0.116. The number of nitrogens with one attached hydrogen (secondary N) is 1. The fourth-order valence-corrected chi connectivity index (χ4v) is 2.93. The number of hydrogen-bond donors (Lipinski definition) is 6. The highest BCUT2D eigenvalue weighted by atomic mass is 16.5. The molecule has 0 radical (unpaired) electrons. The number of fused-ring (bicyclic) bond motifs is 2. The zero-order valence-corrected chi connectivity index (χ0v) is 15.1. The van der Waals surface area contributed by atoms with E-state index < -0.39 is 42.4 Å². The van der Waals surface area contributed by atoms with Crippen molar-refractivity contribution in [2.75, 3.05) is 0 Å². The Morgan fingerprint density at radius 1 is 1.00 bits per heavy atom. The third kappa shape index (κ3) is 3.53. The Hall–Kier alpha value is -2.70. The number of hydrogen-bond acceptors (Lipinski definition) is 9. The van der Waals surface area contributed by atoms with Crippen LogP contribution in [0.15, 0.2) is 21.7 Å². The molecule has 0 saturated heterocycles. The first-order valence-corrected chi connectivity index (χ1v) is 8.42. The number of rotatable bonds is 5. The second-order valence-electron chi connectivity index (χ2n) is 6.65. The summed E-state index contributed by atoms with van der Waals surface area (Å²) in [6, 6.07) is 3.45. The Morgan fingerprint density at radius 2 is 1.64 bits per heavy atom. The number of aryl methyl sites for hydroxylation is 2. The highest BCUT2D eigenvalue weighted by Crippen LogP contribution is 2.24. The Bertz CT molecular complexity index is 1110. The highest BCUT2D eigenvalue weighted by Gasteiger charge is 2.31. The van der Waals surface area contributed by atoms with E-state index in [0.29, 0.717) is 11.0 Å². The molecule has 0 spiro atoms. The molecular weight excluding hydrogens is 372 g/mol. The fraction of sp³-hybridized carbons (Fsp3) is 0.412. The number of H-pyrrole nitrogens is 1. The van der Waals surface area contributed by atoms with Crippen LogP contribution in [0.25, 0.3) is 22.6 Å². The van der Waals surface area contributed by atoms with Crippen molar-refractivity contribution in [3.8, 4) is 11.5 Å². The van der Waals surface area contributed by atoms with Crippen LogP contribution >= 0.6 is 0 Å². The molecule has 3 rings (SSSR count). The van der Waals surface area contributed by atoms with Gasteiger partial charge in [-0.05, 0) is 37.1 Å². The summed E-state index contributed by atoms with van der Waals surface area (Å²) in [6.45, 7) is 3.29. The van der Waals surface area contributed by atoms with E-state index in [4.69, 9.17) is 10.2 Å². The van der Waals surface area contributed by atoms with E-state index in [1.54, 1.807) is 12.1 Å². The van der Waals surface area contributed by atoms with E-state index in [-0.39, 0.29) is 11.5 Å². The molecule has 2 heterocycles. The standard InChI is InChI=1S/C17H20N4O7/c1-6-3-8-9(4-7(6)2)21(5-10(22)12(23)13(24)16(26)27)14-11(18-8)15(25)20-17(28)19-14/h3-4,10,12-13,16,22-24,26-27H,5H2,1-2H3,(H,20,25,28)/t10-,12+,13-/m0/s1. The number of aliphatic hydroxyl groups excluding tert-OH is 4. The van der Waals surface area contributed by atoms with E-state index in [1.165, 1.54) is 4.57 Å². The quantitative estimate of drug-likeness (QED) is 0.203. The third-order valence-corrected chi connectivity index (χ3v) is 4.64. The summed E-state index contributed by atoms with van der Waals surface area (Å²) in [7, 11) is 0. The van der Waals surface area contributed by atoms with Crippen molar-refractivity contribution in [2.45, 2.75) is 45.0 Å². The van der Waals surface area contributed by atoms with Crippen LogP contribution in [-0.2, 0) is 6.54 Å². The molecule has 11 nitrogen and oxygen atoms in total. The zero-order chi connectivity index (χ0) is 20.7. The summed E-state index contributed by atoms with van der Waals surface area (Å²) in [4.78, 5) is 33.9. The molecule has 0 aromatic heterocycles. The molecule has 0 fully saturated rings. The number of aliphatic hydroxyl groups is 5. The summed E-state index contributed by atoms with van der Waals surface area (Å²) >= 11 is 0.